The number of aromatic nitrogens is 6. The third-order valence-corrected chi connectivity index (χ3v) is 11.5. The van der Waals surface area contributed by atoms with E-state index in [1.807, 2.05) is 48.5 Å². The van der Waals surface area contributed by atoms with E-state index in [0.29, 0.717) is 74.9 Å². The Kier molecular flexibility index (Phi) is 16.4. The summed E-state index contributed by atoms with van der Waals surface area (Å²) in [7, 11) is 0. The quantitative estimate of drug-likeness (QED) is 0.131. The van der Waals surface area contributed by atoms with Crippen molar-refractivity contribution < 1.29 is 41.7 Å². The van der Waals surface area contributed by atoms with E-state index in [-0.39, 0.29) is 61.8 Å². The lowest BCUT2D eigenvalue weighted by molar-refractivity contribution is 0.0695. The number of ether oxygens (including phenoxy) is 2. The van der Waals surface area contributed by atoms with Crippen LogP contribution in [0.15, 0.2) is 110 Å². The molecule has 19 heteroatoms. The number of nitrogens with zero attached hydrogens (tertiary/aromatic N) is 6. The van der Waals surface area contributed by atoms with Gasteiger partial charge in [-0.3, -0.25) is 4.79 Å². The zero-order valence-corrected chi connectivity index (χ0v) is 41.0. The van der Waals surface area contributed by atoms with E-state index in [4.69, 9.17) is 15.2 Å². The number of carbonyl (C=O) groups is 2. The van der Waals surface area contributed by atoms with E-state index in [2.05, 4.69) is 38.6 Å². The summed E-state index contributed by atoms with van der Waals surface area (Å²) in [5, 5.41) is 20.9. The molecule has 10 rings (SSSR count). The average Bonchev–Trinajstić information content (AvgIpc) is 3.83. The van der Waals surface area contributed by atoms with Crippen LogP contribution in [0, 0.1) is 37.1 Å². The van der Waals surface area contributed by atoms with Crippen LogP contribution in [0.4, 0.5) is 17.6 Å². The Balaban J connectivity index is 0.000000193. The largest absolute Gasteiger partial charge is 0.493 e. The van der Waals surface area contributed by atoms with Gasteiger partial charge < -0.3 is 25.6 Å². The molecule has 4 N–H and O–H groups in total. The second-order valence-corrected chi connectivity index (χ2v) is 16.6. The summed E-state index contributed by atoms with van der Waals surface area (Å²) in [5.41, 5.74) is 13.3. The normalized spacial score (nSPS) is 14.3. The molecule has 4 aromatic heterocycles. The summed E-state index contributed by atoms with van der Waals surface area (Å²) in [6.07, 6.45) is 4.19. The minimum Gasteiger partial charge on any atom is -0.493 e. The van der Waals surface area contributed by atoms with Gasteiger partial charge in [0.15, 0.2) is 11.3 Å². The predicted molar refractivity (Wildman–Crippen MR) is 274 cm³/mol. The van der Waals surface area contributed by atoms with Crippen molar-refractivity contribution in [3.05, 3.63) is 179 Å². The lowest BCUT2D eigenvalue weighted by atomic mass is 9.99. The van der Waals surface area contributed by atoms with Crippen molar-refractivity contribution in [1.82, 2.24) is 34.5 Å². The standard InChI is InChI=1S/C26H22F2N4O2.C17H13F2N3O2.C9H11NO.2H2S/c1-14(2)23-20(26(33)31-21-8-9-34-22-7-5-4-6-19(21)22)13-29-32-24(15(3)30-25(23)32)16-10-17(27)12-18(28)11-16;1-8(2)14-13(17(23)24)7-20-22-15(9(3)21-16(14)22)10-4-11(18)6-12(19)5-10;10-8-5-6-11-9-4-2-1-3-7(8)9;;/h4-7,10-13,21H,1,8-9H2,2-3H3,(H,31,33);4-7H,1H2,2-3H3,(H,23,24);1-4,8H,5-6,10H2;2*1H2/t21-;;8-;;/m0.0../s1. The highest BCUT2D eigenvalue weighted by Crippen LogP contribution is 2.35. The maximum Gasteiger partial charge on any atom is 0.338 e. The molecule has 2 aliphatic heterocycles. The Morgan fingerprint density at radius 1 is 0.676 bits per heavy atom. The van der Waals surface area contributed by atoms with Gasteiger partial charge in [0.1, 0.15) is 34.8 Å². The Hall–Kier alpha value is -7.48. The number of benzene rings is 4. The molecule has 0 saturated heterocycles. The fraction of sp³-hybridized carbons (Fsp3) is 0.192. The first-order valence-corrected chi connectivity index (χ1v) is 21.7. The van der Waals surface area contributed by atoms with Crippen LogP contribution in [0.5, 0.6) is 11.5 Å². The smallest absolute Gasteiger partial charge is 0.338 e. The number of carboxylic acids is 1. The van der Waals surface area contributed by atoms with Crippen molar-refractivity contribution >= 4 is 61.3 Å². The van der Waals surface area contributed by atoms with Crippen LogP contribution < -0.4 is 20.5 Å². The van der Waals surface area contributed by atoms with Crippen molar-refractivity contribution in [3.8, 4) is 34.0 Å². The number of hydrogen-bond donors (Lipinski definition) is 3. The molecule has 368 valence electrons. The first-order chi connectivity index (χ1) is 33.0. The van der Waals surface area contributed by atoms with Gasteiger partial charge in [-0.25, -0.2) is 41.4 Å². The zero-order valence-electron chi connectivity index (χ0n) is 39.0. The number of nitrogens with two attached hydrogens (primary N) is 1. The molecule has 0 saturated carbocycles. The topological polar surface area (TPSA) is 171 Å². The van der Waals surface area contributed by atoms with Gasteiger partial charge in [0.05, 0.1) is 65.6 Å². The molecule has 0 radical (unpaired) electrons. The molecule has 71 heavy (non-hydrogen) atoms. The van der Waals surface area contributed by atoms with Crippen LogP contribution >= 0.6 is 27.0 Å². The Bertz CT molecular complexity index is 3320. The van der Waals surface area contributed by atoms with Gasteiger partial charge >= 0.3 is 5.97 Å². The fourth-order valence-corrected chi connectivity index (χ4v) is 8.50. The lowest BCUT2D eigenvalue weighted by Gasteiger charge is -2.27. The van der Waals surface area contributed by atoms with E-state index in [9.17, 15) is 32.3 Å². The third kappa shape index (κ3) is 11.0. The average molecular weight is 1010 g/mol. The van der Waals surface area contributed by atoms with Gasteiger partial charge in [-0.1, -0.05) is 49.6 Å². The molecule has 8 aromatic rings. The van der Waals surface area contributed by atoms with Crippen LogP contribution in [-0.2, 0) is 0 Å². The van der Waals surface area contributed by atoms with Crippen molar-refractivity contribution in [1.29, 1.82) is 0 Å². The fourth-order valence-electron chi connectivity index (χ4n) is 8.50. The number of para-hydroxylation sites is 2. The summed E-state index contributed by atoms with van der Waals surface area (Å²) in [4.78, 5) is 33.7. The molecule has 0 bridgehead atoms. The van der Waals surface area contributed by atoms with Gasteiger partial charge in [-0.05, 0) is 75.2 Å². The van der Waals surface area contributed by atoms with Gasteiger partial charge in [-0.2, -0.15) is 37.2 Å². The van der Waals surface area contributed by atoms with Crippen molar-refractivity contribution in [2.75, 3.05) is 13.2 Å². The van der Waals surface area contributed by atoms with Crippen LogP contribution in [0.25, 0.3) is 45.0 Å². The highest BCUT2D eigenvalue weighted by atomic mass is 32.1. The van der Waals surface area contributed by atoms with E-state index in [0.717, 1.165) is 47.8 Å². The summed E-state index contributed by atoms with van der Waals surface area (Å²) >= 11 is 0. The molecule has 6 heterocycles. The van der Waals surface area contributed by atoms with Crippen molar-refractivity contribution in [3.63, 3.8) is 0 Å². The number of amides is 1. The van der Waals surface area contributed by atoms with Crippen LogP contribution in [-0.4, -0.2) is 59.4 Å². The number of rotatable bonds is 7. The summed E-state index contributed by atoms with van der Waals surface area (Å²) < 4.78 is 68.9. The van der Waals surface area contributed by atoms with E-state index in [1.165, 1.54) is 45.7 Å². The zero-order chi connectivity index (χ0) is 49.3. The molecule has 2 atom stereocenters. The molecule has 0 unspecified atom stereocenters. The minimum atomic E-state index is -1.15. The SMILES string of the molecule is C=C(C)c1c(C(=O)N[C@H]2CCOc3ccccc32)cnn2c(-c3cc(F)cc(F)c3)c(C)nc12.C=C(C)c1c(C(=O)O)cnn2c(-c3cc(F)cc(F)c3)c(C)nc12.N[C@H]1CCOc2ccccc21.S.S. The molecule has 2 aliphatic rings. The highest BCUT2D eigenvalue weighted by Gasteiger charge is 2.27. The Morgan fingerprint density at radius 3 is 1.56 bits per heavy atom. The third-order valence-electron chi connectivity index (χ3n) is 11.5. The maximum absolute atomic E-state index is 13.9. The number of carboxylic acid groups (broad SMARTS) is 1. The number of nitrogens with one attached hydrogen (secondary N) is 1. The molecular formula is C52H50F4N8O5S2. The Morgan fingerprint density at radius 2 is 1.10 bits per heavy atom. The summed E-state index contributed by atoms with van der Waals surface area (Å²) in [6, 6.07) is 21.9. The van der Waals surface area contributed by atoms with Crippen LogP contribution in [0.1, 0.15) is 93.1 Å². The molecule has 4 aromatic carbocycles. The second-order valence-electron chi connectivity index (χ2n) is 16.6. The van der Waals surface area contributed by atoms with E-state index < -0.39 is 29.2 Å². The van der Waals surface area contributed by atoms with Crippen molar-refractivity contribution in [2.24, 2.45) is 5.73 Å². The van der Waals surface area contributed by atoms with E-state index in [1.54, 1.807) is 27.7 Å². The number of hydrogen-bond acceptors (Lipinski definition) is 9. The molecule has 0 fully saturated rings. The summed E-state index contributed by atoms with van der Waals surface area (Å²) in [5.74, 6) is -2.59. The number of allylic oxidation sites excluding steroid dienone is 2. The first kappa shape index (κ1) is 52.9. The summed E-state index contributed by atoms with van der Waals surface area (Å²) in [6.45, 7) is 15.9. The van der Waals surface area contributed by atoms with Gasteiger partial charge in [0, 0.05) is 64.4 Å². The molecule has 1 amide bonds. The first-order valence-electron chi connectivity index (χ1n) is 21.7. The number of fused-ring (bicyclic) bond motifs is 4. The van der Waals surface area contributed by atoms with Gasteiger partial charge in [-0.15, -0.1) is 0 Å². The number of aromatic carboxylic acids is 1. The lowest BCUT2D eigenvalue weighted by Crippen LogP contribution is -2.33. The Labute approximate surface area is 420 Å². The number of halogens is 4. The monoisotopic (exact) mass is 1010 g/mol. The van der Waals surface area contributed by atoms with Crippen molar-refractivity contribution in [2.45, 2.75) is 52.6 Å². The maximum atomic E-state index is 13.9. The highest BCUT2D eigenvalue weighted by molar-refractivity contribution is 7.59. The van der Waals surface area contributed by atoms with Crippen LogP contribution in [0.2, 0.25) is 0 Å². The number of imidazole rings is 2. The molecule has 0 spiro atoms. The molecular weight excluding hydrogens is 957 g/mol. The molecule has 13 nitrogen and oxygen atoms in total. The van der Waals surface area contributed by atoms with Crippen LogP contribution in [0.3, 0.4) is 0 Å². The van der Waals surface area contributed by atoms with Gasteiger partial charge in [0.2, 0.25) is 0 Å². The number of carbonyl (C=O) groups excluding carboxylic acids is 1. The predicted octanol–water partition coefficient (Wildman–Crippen LogP) is 10.7. The second kappa shape index (κ2) is 22.1. The number of aryl methyl sites for hydroxylation is 2. The van der Waals surface area contributed by atoms with E-state index >= 15 is 0 Å². The van der Waals surface area contributed by atoms with Gasteiger partial charge in [0.25, 0.3) is 5.91 Å². The minimum absolute atomic E-state index is 0. The molecule has 0 aliphatic carbocycles.